The van der Waals surface area contributed by atoms with Crippen LogP contribution in [0.5, 0.6) is 0 Å². The Morgan fingerprint density at radius 2 is 2.35 bits per heavy atom. The lowest BCUT2D eigenvalue weighted by molar-refractivity contribution is 0.315. The summed E-state index contributed by atoms with van der Waals surface area (Å²) >= 11 is 0. The van der Waals surface area contributed by atoms with Gasteiger partial charge in [-0.1, -0.05) is 26.7 Å². The monoisotopic (exact) mass is 235 g/mol. The Hall–Kier alpha value is -0.830. The van der Waals surface area contributed by atoms with E-state index in [1.54, 1.807) is 0 Å². The smallest absolute Gasteiger partial charge is 0.0537 e. The molecule has 0 aromatic carbocycles. The highest BCUT2D eigenvalue weighted by Gasteiger charge is 2.31. The molecule has 17 heavy (non-hydrogen) atoms. The van der Waals surface area contributed by atoms with Crippen LogP contribution in [0, 0.1) is 11.8 Å². The minimum Gasteiger partial charge on any atom is -0.313 e. The second-order valence-corrected chi connectivity index (χ2v) is 5.38. The highest BCUT2D eigenvalue weighted by atomic mass is 15.3. The van der Waals surface area contributed by atoms with E-state index in [4.69, 9.17) is 0 Å². The lowest BCUT2D eigenvalue weighted by Gasteiger charge is -2.25. The number of hydrogen-bond acceptors (Lipinski definition) is 2. The van der Waals surface area contributed by atoms with E-state index in [1.807, 2.05) is 6.20 Å². The maximum atomic E-state index is 4.45. The number of hydrogen-bond donors (Lipinski definition) is 1. The molecule has 3 heteroatoms. The molecule has 3 atom stereocenters. The zero-order valence-electron chi connectivity index (χ0n) is 11.3. The molecule has 1 aromatic heterocycles. The average molecular weight is 235 g/mol. The third-order valence-electron chi connectivity index (χ3n) is 4.13. The molecular formula is C14H25N3. The quantitative estimate of drug-likeness (QED) is 0.850. The fourth-order valence-corrected chi connectivity index (χ4v) is 3.19. The van der Waals surface area contributed by atoms with Gasteiger partial charge in [-0.05, 0) is 31.7 Å². The van der Waals surface area contributed by atoms with Crippen LogP contribution in [0.4, 0.5) is 0 Å². The van der Waals surface area contributed by atoms with E-state index in [0.29, 0.717) is 6.04 Å². The van der Waals surface area contributed by atoms with E-state index in [-0.39, 0.29) is 0 Å². The highest BCUT2D eigenvalue weighted by molar-refractivity contribution is 5.12. The number of aryl methyl sites for hydroxylation is 1. The molecule has 1 heterocycles. The van der Waals surface area contributed by atoms with Crippen molar-refractivity contribution in [2.45, 2.75) is 52.1 Å². The van der Waals surface area contributed by atoms with Crippen molar-refractivity contribution in [3.05, 3.63) is 18.0 Å². The first-order valence-corrected chi connectivity index (χ1v) is 6.95. The average Bonchev–Trinajstić information content (AvgIpc) is 2.92. The predicted octanol–water partition coefficient (Wildman–Crippen LogP) is 2.99. The Morgan fingerprint density at radius 3 is 2.94 bits per heavy atom. The van der Waals surface area contributed by atoms with Gasteiger partial charge < -0.3 is 5.32 Å². The van der Waals surface area contributed by atoms with Crippen molar-refractivity contribution in [1.82, 2.24) is 15.1 Å². The van der Waals surface area contributed by atoms with E-state index in [2.05, 4.69) is 42.2 Å². The summed E-state index contributed by atoms with van der Waals surface area (Å²) in [5.74, 6) is 1.61. The molecule has 96 valence electrons. The number of rotatable bonds is 5. The van der Waals surface area contributed by atoms with E-state index >= 15 is 0 Å². The Bertz CT molecular complexity index is 345. The third kappa shape index (κ3) is 2.71. The van der Waals surface area contributed by atoms with Crippen molar-refractivity contribution in [3.63, 3.8) is 0 Å². The second-order valence-electron chi connectivity index (χ2n) is 5.38. The largest absolute Gasteiger partial charge is 0.313 e. The van der Waals surface area contributed by atoms with Gasteiger partial charge in [0.1, 0.15) is 0 Å². The molecule has 2 rings (SSSR count). The number of aromatic nitrogens is 2. The number of nitrogens with one attached hydrogen (secondary N) is 1. The Balaban J connectivity index is 2.10. The minimum atomic E-state index is 0.484. The first kappa shape index (κ1) is 12.6. The molecular weight excluding hydrogens is 210 g/mol. The summed E-state index contributed by atoms with van der Waals surface area (Å²) in [7, 11) is 2.08. The molecule has 0 amide bonds. The van der Waals surface area contributed by atoms with Crippen molar-refractivity contribution in [2.75, 3.05) is 7.05 Å². The summed E-state index contributed by atoms with van der Waals surface area (Å²) in [4.78, 5) is 0. The van der Waals surface area contributed by atoms with Gasteiger partial charge in [0, 0.05) is 24.3 Å². The molecule has 0 saturated heterocycles. The van der Waals surface area contributed by atoms with Crippen molar-refractivity contribution in [3.8, 4) is 0 Å². The van der Waals surface area contributed by atoms with Crippen LogP contribution in [0.25, 0.3) is 0 Å². The lowest BCUT2D eigenvalue weighted by Crippen LogP contribution is -2.26. The van der Waals surface area contributed by atoms with Crippen molar-refractivity contribution in [2.24, 2.45) is 11.8 Å². The van der Waals surface area contributed by atoms with Crippen LogP contribution in [0.1, 0.15) is 51.1 Å². The summed E-state index contributed by atoms with van der Waals surface area (Å²) in [5, 5.41) is 7.94. The fraction of sp³-hybridized carbons (Fsp3) is 0.786. The van der Waals surface area contributed by atoms with Crippen LogP contribution in [-0.4, -0.2) is 16.8 Å². The molecule has 0 radical (unpaired) electrons. The van der Waals surface area contributed by atoms with Gasteiger partial charge >= 0.3 is 0 Å². The van der Waals surface area contributed by atoms with Gasteiger partial charge in [-0.25, -0.2) is 0 Å². The summed E-state index contributed by atoms with van der Waals surface area (Å²) in [6, 6.07) is 0.484. The Morgan fingerprint density at radius 1 is 1.53 bits per heavy atom. The topological polar surface area (TPSA) is 29.9 Å². The zero-order chi connectivity index (χ0) is 12.3. The van der Waals surface area contributed by atoms with Crippen LogP contribution >= 0.6 is 0 Å². The molecule has 3 nitrogen and oxygen atoms in total. The highest BCUT2D eigenvalue weighted by Crippen LogP contribution is 2.39. The maximum absolute atomic E-state index is 4.45. The fourth-order valence-electron chi connectivity index (χ4n) is 3.19. The second kappa shape index (κ2) is 5.67. The maximum Gasteiger partial charge on any atom is 0.0537 e. The van der Waals surface area contributed by atoms with E-state index in [0.717, 1.165) is 24.8 Å². The van der Waals surface area contributed by atoms with Gasteiger partial charge in [0.05, 0.1) is 6.20 Å². The molecule has 1 aliphatic carbocycles. The van der Waals surface area contributed by atoms with Crippen LogP contribution in [0.3, 0.4) is 0 Å². The van der Waals surface area contributed by atoms with Gasteiger partial charge in [0.15, 0.2) is 0 Å². The molecule has 1 N–H and O–H groups in total. The van der Waals surface area contributed by atoms with Gasteiger partial charge in [-0.15, -0.1) is 0 Å². The van der Waals surface area contributed by atoms with Crippen molar-refractivity contribution in [1.29, 1.82) is 0 Å². The summed E-state index contributed by atoms with van der Waals surface area (Å²) < 4.78 is 2.07. The van der Waals surface area contributed by atoms with E-state index in [9.17, 15) is 0 Å². The molecule has 1 fully saturated rings. The molecule has 1 aromatic rings. The van der Waals surface area contributed by atoms with Gasteiger partial charge in [-0.2, -0.15) is 5.10 Å². The van der Waals surface area contributed by atoms with E-state index in [1.165, 1.54) is 24.8 Å². The zero-order valence-corrected chi connectivity index (χ0v) is 11.3. The normalized spacial score (nSPS) is 26.3. The molecule has 0 bridgehead atoms. The van der Waals surface area contributed by atoms with Gasteiger partial charge in [0.2, 0.25) is 0 Å². The van der Waals surface area contributed by atoms with Gasteiger partial charge in [0.25, 0.3) is 0 Å². The molecule has 3 unspecified atom stereocenters. The summed E-state index contributed by atoms with van der Waals surface area (Å²) in [6.45, 7) is 5.60. The van der Waals surface area contributed by atoms with Crippen LogP contribution < -0.4 is 5.32 Å². The van der Waals surface area contributed by atoms with Crippen LogP contribution in [0.15, 0.2) is 12.4 Å². The van der Waals surface area contributed by atoms with E-state index < -0.39 is 0 Å². The molecule has 0 aliphatic heterocycles. The Kier molecular flexibility index (Phi) is 4.21. The van der Waals surface area contributed by atoms with Crippen molar-refractivity contribution < 1.29 is 0 Å². The van der Waals surface area contributed by atoms with Gasteiger partial charge in [-0.3, -0.25) is 4.68 Å². The number of nitrogens with zero attached hydrogens (tertiary/aromatic N) is 2. The summed E-state index contributed by atoms with van der Waals surface area (Å²) in [5.41, 5.74) is 1.36. The summed E-state index contributed by atoms with van der Waals surface area (Å²) in [6.07, 6.45) is 9.52. The van der Waals surface area contributed by atoms with Crippen molar-refractivity contribution >= 4 is 0 Å². The molecule has 1 saturated carbocycles. The first-order valence-electron chi connectivity index (χ1n) is 6.95. The van der Waals surface area contributed by atoms with Crippen LogP contribution in [0.2, 0.25) is 0 Å². The minimum absolute atomic E-state index is 0.484. The van der Waals surface area contributed by atoms with Crippen LogP contribution in [-0.2, 0) is 6.54 Å². The first-order chi connectivity index (χ1) is 8.26. The molecule has 0 spiro atoms. The standard InChI is InChI=1S/C14H25N3/c1-4-8-17-10-12(9-16-17)14(15-3)13-7-5-6-11(13)2/h9-11,13-15H,4-8H2,1-3H3. The SMILES string of the molecule is CCCn1cc(C(NC)C2CCCC2C)cn1. The predicted molar refractivity (Wildman–Crippen MR) is 70.8 cm³/mol. The Labute approximate surface area is 105 Å². The molecule has 1 aliphatic rings. The lowest BCUT2D eigenvalue weighted by atomic mass is 9.87. The third-order valence-corrected chi connectivity index (χ3v) is 4.13.